The average Bonchev–Trinajstić information content (AvgIpc) is 3.01. The van der Waals surface area contributed by atoms with Crippen molar-refractivity contribution in [1.82, 2.24) is 19.6 Å². The van der Waals surface area contributed by atoms with Crippen LogP contribution in [0.1, 0.15) is 60.3 Å². The lowest BCUT2D eigenvalue weighted by Gasteiger charge is -2.25. The Hall–Kier alpha value is -2.70. The van der Waals surface area contributed by atoms with Gasteiger partial charge in [0.15, 0.2) is 0 Å². The van der Waals surface area contributed by atoms with E-state index in [1.54, 1.807) is 13.0 Å². The van der Waals surface area contributed by atoms with E-state index in [4.69, 9.17) is 0 Å². The van der Waals surface area contributed by atoms with Gasteiger partial charge in [0.25, 0.3) is 5.56 Å². The zero-order valence-electron chi connectivity index (χ0n) is 14.2. The molecule has 0 bridgehead atoms. The number of hydrogen-bond acceptors (Lipinski definition) is 4. The van der Waals surface area contributed by atoms with E-state index in [0.717, 1.165) is 42.9 Å². The second-order valence-electron chi connectivity index (χ2n) is 7.12. The highest BCUT2D eigenvalue weighted by atomic mass is 16.4. The van der Waals surface area contributed by atoms with Crippen LogP contribution in [-0.2, 0) is 0 Å². The Balaban J connectivity index is 1.98. The standard InChI is InChI=1S/C18H20N4O3/c1-9-3-5-11(6-4-9)15-20-21-16-17(23)19-13-8-12(18(24)25)10(2)7-14(13)22(15)16/h7-9,11H,3-6H2,1-2H3,(H,19,23)(H,24,25)/t9-,11-. The number of carboxylic acids is 1. The fourth-order valence-corrected chi connectivity index (χ4v) is 3.85. The monoisotopic (exact) mass is 340 g/mol. The molecule has 1 fully saturated rings. The summed E-state index contributed by atoms with van der Waals surface area (Å²) in [6.45, 7) is 4.02. The lowest BCUT2D eigenvalue weighted by molar-refractivity contribution is 0.0696. The molecule has 0 spiro atoms. The number of aromatic carboxylic acids is 1. The van der Waals surface area contributed by atoms with Gasteiger partial charge in [-0.2, -0.15) is 0 Å². The van der Waals surface area contributed by atoms with E-state index >= 15 is 0 Å². The molecule has 7 heteroatoms. The van der Waals surface area contributed by atoms with Crippen LogP contribution in [0.3, 0.4) is 0 Å². The molecule has 2 N–H and O–H groups in total. The first kappa shape index (κ1) is 15.8. The van der Waals surface area contributed by atoms with Crippen molar-refractivity contribution >= 4 is 22.6 Å². The molecule has 2 heterocycles. The van der Waals surface area contributed by atoms with Gasteiger partial charge in [0, 0.05) is 5.92 Å². The Morgan fingerprint density at radius 3 is 2.64 bits per heavy atom. The summed E-state index contributed by atoms with van der Waals surface area (Å²) in [5.41, 5.74) is 1.98. The number of carboxylic acid groups (broad SMARTS) is 1. The molecule has 0 amide bonds. The maximum atomic E-state index is 12.4. The molecule has 0 saturated heterocycles. The molecule has 1 aromatic carbocycles. The Morgan fingerprint density at radius 1 is 1.24 bits per heavy atom. The fraction of sp³-hybridized carbons (Fsp3) is 0.444. The smallest absolute Gasteiger partial charge is 0.336 e. The van der Waals surface area contributed by atoms with Crippen LogP contribution in [0.5, 0.6) is 0 Å². The number of carbonyl (C=O) groups is 1. The average molecular weight is 340 g/mol. The summed E-state index contributed by atoms with van der Waals surface area (Å²) in [6, 6.07) is 3.31. The highest BCUT2D eigenvalue weighted by Crippen LogP contribution is 2.35. The third-order valence-corrected chi connectivity index (χ3v) is 5.33. The van der Waals surface area contributed by atoms with Crippen LogP contribution >= 0.6 is 0 Å². The molecule has 0 atom stereocenters. The van der Waals surface area contributed by atoms with E-state index in [-0.39, 0.29) is 22.7 Å². The maximum Gasteiger partial charge on any atom is 0.336 e. The largest absolute Gasteiger partial charge is 0.478 e. The van der Waals surface area contributed by atoms with Crippen molar-refractivity contribution in [2.75, 3.05) is 0 Å². The summed E-state index contributed by atoms with van der Waals surface area (Å²) in [5.74, 6) is 0.790. The molecule has 25 heavy (non-hydrogen) atoms. The zero-order chi connectivity index (χ0) is 17.7. The molecule has 0 aliphatic heterocycles. The van der Waals surface area contributed by atoms with Crippen LogP contribution in [0, 0.1) is 12.8 Å². The molecule has 3 aromatic rings. The van der Waals surface area contributed by atoms with Crippen LogP contribution in [0.15, 0.2) is 16.9 Å². The van der Waals surface area contributed by atoms with Crippen molar-refractivity contribution in [3.05, 3.63) is 39.4 Å². The minimum absolute atomic E-state index is 0.184. The van der Waals surface area contributed by atoms with E-state index in [1.165, 1.54) is 6.07 Å². The Kier molecular flexibility index (Phi) is 3.59. The van der Waals surface area contributed by atoms with E-state index in [0.29, 0.717) is 11.1 Å². The van der Waals surface area contributed by atoms with Gasteiger partial charge >= 0.3 is 5.97 Å². The summed E-state index contributed by atoms with van der Waals surface area (Å²) < 4.78 is 1.81. The second-order valence-corrected chi connectivity index (χ2v) is 7.12. The van der Waals surface area contributed by atoms with Gasteiger partial charge in [0.05, 0.1) is 16.6 Å². The van der Waals surface area contributed by atoms with Crippen molar-refractivity contribution in [2.24, 2.45) is 5.92 Å². The summed E-state index contributed by atoms with van der Waals surface area (Å²) in [5, 5.41) is 17.7. The Labute approximate surface area is 143 Å². The molecule has 2 aromatic heterocycles. The number of fused-ring (bicyclic) bond motifs is 3. The van der Waals surface area contributed by atoms with Crippen LogP contribution in [0.2, 0.25) is 0 Å². The lowest BCUT2D eigenvalue weighted by Crippen LogP contribution is -2.16. The van der Waals surface area contributed by atoms with Gasteiger partial charge in [-0.3, -0.25) is 9.20 Å². The first-order valence-electron chi connectivity index (χ1n) is 8.60. The topological polar surface area (TPSA) is 100 Å². The molecular weight excluding hydrogens is 320 g/mol. The molecule has 7 nitrogen and oxygen atoms in total. The molecule has 1 saturated carbocycles. The molecule has 0 radical (unpaired) electrons. The Morgan fingerprint density at radius 2 is 1.96 bits per heavy atom. The van der Waals surface area contributed by atoms with Crippen LogP contribution in [0.4, 0.5) is 0 Å². The summed E-state index contributed by atoms with van der Waals surface area (Å²) in [7, 11) is 0. The minimum atomic E-state index is -1.01. The van der Waals surface area contributed by atoms with Crippen LogP contribution in [0.25, 0.3) is 16.7 Å². The second kappa shape index (κ2) is 5.68. The SMILES string of the molecule is Cc1cc2c(cc1C(=O)O)[nH]c(=O)c1nnc([C@H]3CC[C@H](C)CC3)n12. The van der Waals surface area contributed by atoms with Crippen molar-refractivity contribution in [1.29, 1.82) is 0 Å². The number of nitrogens with zero attached hydrogens (tertiary/aromatic N) is 3. The van der Waals surface area contributed by atoms with E-state index in [2.05, 4.69) is 22.1 Å². The normalized spacial score (nSPS) is 21.0. The fourth-order valence-electron chi connectivity index (χ4n) is 3.85. The number of aromatic nitrogens is 4. The van der Waals surface area contributed by atoms with Gasteiger partial charge in [-0.1, -0.05) is 19.8 Å². The van der Waals surface area contributed by atoms with Crippen molar-refractivity contribution in [3.63, 3.8) is 0 Å². The van der Waals surface area contributed by atoms with Crippen molar-refractivity contribution in [3.8, 4) is 0 Å². The van der Waals surface area contributed by atoms with E-state index in [1.807, 2.05) is 4.40 Å². The number of benzene rings is 1. The van der Waals surface area contributed by atoms with Gasteiger partial charge < -0.3 is 10.1 Å². The number of aromatic amines is 1. The first-order chi connectivity index (χ1) is 12.0. The summed E-state index contributed by atoms with van der Waals surface area (Å²) in [6.07, 6.45) is 4.34. The van der Waals surface area contributed by atoms with Gasteiger partial charge in [-0.25, -0.2) is 4.79 Å². The number of hydrogen-bond donors (Lipinski definition) is 2. The highest BCUT2D eigenvalue weighted by Gasteiger charge is 2.25. The van der Waals surface area contributed by atoms with Crippen molar-refractivity contribution in [2.45, 2.75) is 45.4 Å². The summed E-state index contributed by atoms with van der Waals surface area (Å²) >= 11 is 0. The first-order valence-corrected chi connectivity index (χ1v) is 8.60. The lowest BCUT2D eigenvalue weighted by atomic mass is 9.82. The van der Waals surface area contributed by atoms with Crippen LogP contribution in [-0.4, -0.2) is 30.7 Å². The molecule has 1 aliphatic carbocycles. The predicted octanol–water partition coefficient (Wildman–Crippen LogP) is 2.87. The molecule has 0 unspecified atom stereocenters. The third-order valence-electron chi connectivity index (χ3n) is 5.33. The molecular formula is C18H20N4O3. The molecule has 4 rings (SSSR count). The predicted molar refractivity (Wildman–Crippen MR) is 93.2 cm³/mol. The van der Waals surface area contributed by atoms with E-state index in [9.17, 15) is 14.7 Å². The van der Waals surface area contributed by atoms with Gasteiger partial charge in [0.2, 0.25) is 5.65 Å². The number of rotatable bonds is 2. The maximum absolute atomic E-state index is 12.4. The quantitative estimate of drug-likeness (QED) is 0.747. The highest BCUT2D eigenvalue weighted by molar-refractivity contribution is 5.94. The minimum Gasteiger partial charge on any atom is -0.478 e. The number of nitrogens with one attached hydrogen (secondary N) is 1. The van der Waals surface area contributed by atoms with Gasteiger partial charge in [-0.05, 0) is 43.4 Å². The number of H-pyrrole nitrogens is 1. The molecule has 130 valence electrons. The van der Waals surface area contributed by atoms with Gasteiger partial charge in [0.1, 0.15) is 5.82 Å². The van der Waals surface area contributed by atoms with Crippen molar-refractivity contribution < 1.29 is 9.90 Å². The Bertz CT molecular complexity index is 1040. The zero-order valence-corrected chi connectivity index (χ0v) is 14.2. The molecule has 1 aliphatic rings. The van der Waals surface area contributed by atoms with Crippen LogP contribution < -0.4 is 5.56 Å². The van der Waals surface area contributed by atoms with E-state index < -0.39 is 5.97 Å². The van der Waals surface area contributed by atoms with Gasteiger partial charge in [-0.15, -0.1) is 10.2 Å². The number of aryl methyl sites for hydroxylation is 1. The third kappa shape index (κ3) is 2.50. The summed E-state index contributed by atoms with van der Waals surface area (Å²) in [4.78, 5) is 26.5.